The number of rotatable bonds is 2. The Kier molecular flexibility index (Phi) is 2.92. The number of hydrazine groups is 1. The van der Waals surface area contributed by atoms with E-state index in [1.807, 2.05) is 6.92 Å². The highest BCUT2D eigenvalue weighted by atomic mass is 16.3. The zero-order valence-corrected chi connectivity index (χ0v) is 10.2. The van der Waals surface area contributed by atoms with Gasteiger partial charge in [0.1, 0.15) is 11.5 Å². The summed E-state index contributed by atoms with van der Waals surface area (Å²) in [5.74, 6) is 1.22. The third kappa shape index (κ3) is 2.49. The van der Waals surface area contributed by atoms with Gasteiger partial charge >= 0.3 is 0 Å². The largest absolute Gasteiger partial charge is 0.466 e. The van der Waals surface area contributed by atoms with Crippen LogP contribution in [0, 0.1) is 25.7 Å². The third-order valence-corrected chi connectivity index (χ3v) is 3.03. The van der Waals surface area contributed by atoms with Gasteiger partial charge in [-0.2, -0.15) is 0 Å². The fraction of sp³-hybridized carbons (Fsp3) is 0.500. The van der Waals surface area contributed by atoms with Crippen LogP contribution in [0.5, 0.6) is 0 Å². The topological polar surface area (TPSA) is 71.3 Å². The van der Waals surface area contributed by atoms with Crippen molar-refractivity contribution in [2.75, 3.05) is 0 Å². The van der Waals surface area contributed by atoms with Crippen LogP contribution in [0.1, 0.15) is 35.2 Å². The van der Waals surface area contributed by atoms with Crippen LogP contribution in [0.4, 0.5) is 0 Å². The van der Waals surface area contributed by atoms with E-state index in [0.717, 1.165) is 6.42 Å². The molecule has 17 heavy (non-hydrogen) atoms. The molecule has 1 heterocycles. The van der Waals surface area contributed by atoms with Crippen LogP contribution >= 0.6 is 0 Å². The van der Waals surface area contributed by atoms with Crippen LogP contribution in [-0.2, 0) is 4.79 Å². The Balaban J connectivity index is 1.89. The standard InChI is InChI=1S/C12H16N2O3/c1-6-4-9(6)11(15)13-14-12(16)10-5-7(2)17-8(10)3/h5-6,9H,4H2,1-3H3,(H,13,15)(H,14,16)/t6-,9-/m0/s1. The summed E-state index contributed by atoms with van der Waals surface area (Å²) in [5.41, 5.74) is 5.28. The number of carbonyl (C=O) groups excluding carboxylic acids is 2. The van der Waals surface area contributed by atoms with E-state index in [4.69, 9.17) is 4.42 Å². The van der Waals surface area contributed by atoms with Gasteiger partial charge in [-0.05, 0) is 32.3 Å². The molecule has 0 bridgehead atoms. The summed E-state index contributed by atoms with van der Waals surface area (Å²) >= 11 is 0. The van der Waals surface area contributed by atoms with Crippen LogP contribution in [0.25, 0.3) is 0 Å². The Labute approximate surface area is 99.5 Å². The summed E-state index contributed by atoms with van der Waals surface area (Å²) in [6.07, 6.45) is 0.894. The summed E-state index contributed by atoms with van der Waals surface area (Å²) in [6, 6.07) is 1.65. The lowest BCUT2D eigenvalue weighted by atomic mass is 10.2. The quantitative estimate of drug-likeness (QED) is 0.760. The predicted molar refractivity (Wildman–Crippen MR) is 61.1 cm³/mol. The summed E-state index contributed by atoms with van der Waals surface area (Å²) in [5, 5.41) is 0. The van der Waals surface area contributed by atoms with Gasteiger partial charge in [0.15, 0.2) is 0 Å². The first-order valence-corrected chi connectivity index (χ1v) is 5.66. The first-order chi connectivity index (χ1) is 7.99. The zero-order valence-electron chi connectivity index (χ0n) is 10.2. The number of hydrogen-bond acceptors (Lipinski definition) is 3. The normalized spacial score (nSPS) is 22.1. The molecule has 1 aliphatic rings. The fourth-order valence-electron chi connectivity index (χ4n) is 1.82. The molecular weight excluding hydrogens is 220 g/mol. The van der Waals surface area contributed by atoms with Crippen molar-refractivity contribution >= 4 is 11.8 Å². The molecule has 2 rings (SSSR count). The Morgan fingerprint density at radius 2 is 2.00 bits per heavy atom. The second-order valence-electron chi connectivity index (χ2n) is 4.59. The molecule has 0 spiro atoms. The van der Waals surface area contributed by atoms with Crippen molar-refractivity contribution in [3.05, 3.63) is 23.2 Å². The average molecular weight is 236 g/mol. The van der Waals surface area contributed by atoms with Crippen molar-refractivity contribution in [2.45, 2.75) is 27.2 Å². The molecule has 5 heteroatoms. The van der Waals surface area contributed by atoms with Gasteiger partial charge in [-0.1, -0.05) is 6.92 Å². The molecule has 0 radical (unpaired) electrons. The molecule has 2 atom stereocenters. The van der Waals surface area contributed by atoms with Gasteiger partial charge in [-0.25, -0.2) is 0 Å². The van der Waals surface area contributed by atoms with E-state index < -0.39 is 0 Å². The van der Waals surface area contributed by atoms with Gasteiger partial charge in [-0.3, -0.25) is 20.4 Å². The predicted octanol–water partition coefficient (Wildman–Crippen LogP) is 1.31. The number of furan rings is 1. The molecule has 1 fully saturated rings. The molecule has 0 aliphatic heterocycles. The second-order valence-corrected chi connectivity index (χ2v) is 4.59. The van der Waals surface area contributed by atoms with E-state index in [2.05, 4.69) is 10.9 Å². The molecule has 1 saturated carbocycles. The first kappa shape index (κ1) is 11.7. The fourth-order valence-corrected chi connectivity index (χ4v) is 1.82. The van der Waals surface area contributed by atoms with E-state index in [9.17, 15) is 9.59 Å². The van der Waals surface area contributed by atoms with E-state index >= 15 is 0 Å². The zero-order chi connectivity index (χ0) is 12.6. The lowest BCUT2D eigenvalue weighted by molar-refractivity contribution is -0.123. The van der Waals surface area contributed by atoms with E-state index in [1.165, 1.54) is 0 Å². The lowest BCUT2D eigenvalue weighted by Gasteiger charge is -2.05. The van der Waals surface area contributed by atoms with Crippen LogP contribution in [-0.4, -0.2) is 11.8 Å². The second kappa shape index (κ2) is 4.24. The number of amides is 2. The van der Waals surface area contributed by atoms with Crippen LogP contribution in [0.3, 0.4) is 0 Å². The molecule has 1 aliphatic carbocycles. The third-order valence-electron chi connectivity index (χ3n) is 3.03. The molecule has 92 valence electrons. The van der Waals surface area contributed by atoms with Crippen molar-refractivity contribution in [1.29, 1.82) is 0 Å². The summed E-state index contributed by atoms with van der Waals surface area (Å²) in [4.78, 5) is 23.2. The number of hydrogen-bond donors (Lipinski definition) is 2. The van der Waals surface area contributed by atoms with Crippen LogP contribution in [0.15, 0.2) is 10.5 Å². The van der Waals surface area contributed by atoms with Gasteiger partial charge in [0.25, 0.3) is 5.91 Å². The molecule has 2 N–H and O–H groups in total. The Hall–Kier alpha value is -1.78. The summed E-state index contributed by atoms with van der Waals surface area (Å²) in [7, 11) is 0. The molecule has 5 nitrogen and oxygen atoms in total. The molecule has 0 saturated heterocycles. The summed E-state index contributed by atoms with van der Waals surface area (Å²) < 4.78 is 5.25. The van der Waals surface area contributed by atoms with Crippen molar-refractivity contribution in [3.63, 3.8) is 0 Å². The molecule has 1 aromatic rings. The number of nitrogens with one attached hydrogen (secondary N) is 2. The van der Waals surface area contributed by atoms with Crippen molar-refractivity contribution in [3.8, 4) is 0 Å². The Morgan fingerprint density at radius 1 is 1.35 bits per heavy atom. The van der Waals surface area contributed by atoms with Gasteiger partial charge in [0.05, 0.1) is 5.56 Å². The summed E-state index contributed by atoms with van der Waals surface area (Å²) in [6.45, 7) is 5.50. The van der Waals surface area contributed by atoms with Gasteiger partial charge in [-0.15, -0.1) is 0 Å². The van der Waals surface area contributed by atoms with E-state index in [0.29, 0.717) is 23.0 Å². The van der Waals surface area contributed by atoms with Crippen molar-refractivity contribution < 1.29 is 14.0 Å². The maximum absolute atomic E-state index is 11.7. The minimum absolute atomic E-state index is 0.0440. The smallest absolute Gasteiger partial charge is 0.273 e. The monoisotopic (exact) mass is 236 g/mol. The maximum Gasteiger partial charge on any atom is 0.273 e. The van der Waals surface area contributed by atoms with Crippen molar-refractivity contribution in [1.82, 2.24) is 10.9 Å². The molecular formula is C12H16N2O3. The maximum atomic E-state index is 11.7. The highest BCUT2D eigenvalue weighted by molar-refractivity contribution is 5.96. The number of carbonyl (C=O) groups is 2. The van der Waals surface area contributed by atoms with Crippen LogP contribution < -0.4 is 10.9 Å². The van der Waals surface area contributed by atoms with Gasteiger partial charge < -0.3 is 4.42 Å². The minimum Gasteiger partial charge on any atom is -0.466 e. The van der Waals surface area contributed by atoms with Crippen LogP contribution in [0.2, 0.25) is 0 Å². The molecule has 1 aromatic heterocycles. The molecule has 0 aromatic carbocycles. The van der Waals surface area contributed by atoms with E-state index in [1.54, 1.807) is 19.9 Å². The minimum atomic E-state index is -0.346. The van der Waals surface area contributed by atoms with Gasteiger partial charge in [0, 0.05) is 5.92 Å². The lowest BCUT2D eigenvalue weighted by Crippen LogP contribution is -2.42. The highest BCUT2D eigenvalue weighted by Crippen LogP contribution is 2.37. The molecule has 0 unspecified atom stereocenters. The molecule has 2 amide bonds. The highest BCUT2D eigenvalue weighted by Gasteiger charge is 2.39. The van der Waals surface area contributed by atoms with Crippen molar-refractivity contribution in [2.24, 2.45) is 11.8 Å². The van der Waals surface area contributed by atoms with E-state index in [-0.39, 0.29) is 17.7 Å². The average Bonchev–Trinajstić information content (AvgIpc) is 2.89. The SMILES string of the molecule is Cc1cc(C(=O)NNC(=O)[C@H]2C[C@@H]2C)c(C)o1. The first-order valence-electron chi connectivity index (χ1n) is 5.66. The Bertz CT molecular complexity index is 464. The Morgan fingerprint density at radius 3 is 2.47 bits per heavy atom. The number of aryl methyl sites for hydroxylation is 2. The van der Waals surface area contributed by atoms with Gasteiger partial charge in [0.2, 0.25) is 5.91 Å².